The van der Waals surface area contributed by atoms with E-state index in [1.54, 1.807) is 0 Å². The number of nitrogens with one attached hydrogen (secondary N) is 1. The summed E-state index contributed by atoms with van der Waals surface area (Å²) in [5, 5.41) is 5.01. The topological polar surface area (TPSA) is 70.8 Å². The van der Waals surface area contributed by atoms with E-state index < -0.39 is 0 Å². The predicted octanol–water partition coefficient (Wildman–Crippen LogP) is 1.96. The molecule has 8 heteroatoms. The smallest absolute Gasteiger partial charge is 0.273 e. The summed E-state index contributed by atoms with van der Waals surface area (Å²) >= 11 is 1.81. The largest absolute Gasteiger partial charge is 0.447 e. The molecular weight excluding hydrogens is 364 g/mol. The van der Waals surface area contributed by atoms with Crippen molar-refractivity contribution in [2.75, 3.05) is 39.3 Å². The van der Waals surface area contributed by atoms with Crippen molar-refractivity contribution >= 4 is 17.2 Å². The van der Waals surface area contributed by atoms with Gasteiger partial charge in [0, 0.05) is 50.8 Å². The second-order valence-corrected chi connectivity index (χ2v) is 8.14. The second-order valence-electron chi connectivity index (χ2n) is 7.10. The fraction of sp³-hybridized carbons (Fsp3) is 0.579. The molecule has 1 unspecified atom stereocenters. The third-order valence-electron chi connectivity index (χ3n) is 5.08. The molecule has 2 aromatic rings. The molecule has 7 nitrogen and oxygen atoms in total. The molecule has 2 saturated heterocycles. The first kappa shape index (κ1) is 18.6. The Balaban J connectivity index is 1.20. The van der Waals surface area contributed by atoms with E-state index in [1.807, 2.05) is 11.3 Å². The van der Waals surface area contributed by atoms with Crippen molar-refractivity contribution < 1.29 is 13.9 Å². The van der Waals surface area contributed by atoms with E-state index in [0.717, 1.165) is 52.2 Å². The minimum absolute atomic E-state index is 0.130. The summed E-state index contributed by atoms with van der Waals surface area (Å²) in [6.45, 7) is 7.02. The molecule has 0 aromatic carbocycles. The lowest BCUT2D eigenvalue weighted by atomic mass is 10.2. The minimum Gasteiger partial charge on any atom is -0.447 e. The first-order valence-corrected chi connectivity index (χ1v) is 10.5. The highest BCUT2D eigenvalue weighted by Gasteiger charge is 2.21. The maximum Gasteiger partial charge on any atom is 0.273 e. The highest BCUT2D eigenvalue weighted by molar-refractivity contribution is 7.09. The van der Waals surface area contributed by atoms with Gasteiger partial charge in [0.25, 0.3) is 5.91 Å². The van der Waals surface area contributed by atoms with Crippen molar-refractivity contribution in [2.24, 2.45) is 0 Å². The number of oxazole rings is 1. The molecule has 1 amide bonds. The summed E-state index contributed by atoms with van der Waals surface area (Å²) in [4.78, 5) is 22.8. The van der Waals surface area contributed by atoms with Gasteiger partial charge in [0.05, 0.1) is 12.6 Å². The molecular formula is C19H26N4O3S. The Morgan fingerprint density at radius 2 is 2.07 bits per heavy atom. The standard InChI is InChI=1S/C19H26N4O3S/c24-19(20-11-15-3-1-9-25-15)17-14-26-18(21-17)13-23-7-5-22(6-8-23)12-16-4-2-10-27-16/h2,4,10,14-15H,1,3,5-9,11-13H2,(H,20,24). The quantitative estimate of drug-likeness (QED) is 0.779. The first-order chi connectivity index (χ1) is 13.3. The molecule has 1 atom stereocenters. The van der Waals surface area contributed by atoms with Crippen molar-refractivity contribution in [3.8, 4) is 0 Å². The molecule has 4 rings (SSSR count). The zero-order valence-corrected chi connectivity index (χ0v) is 16.2. The van der Waals surface area contributed by atoms with Crippen LogP contribution in [-0.4, -0.2) is 66.1 Å². The van der Waals surface area contributed by atoms with Gasteiger partial charge < -0.3 is 14.5 Å². The molecule has 2 aliphatic rings. The third kappa shape index (κ3) is 5.16. The highest BCUT2D eigenvalue weighted by Crippen LogP contribution is 2.15. The Labute approximate surface area is 163 Å². The zero-order chi connectivity index (χ0) is 18.5. The Bertz CT molecular complexity index is 719. The van der Waals surface area contributed by atoms with Gasteiger partial charge in [-0.2, -0.15) is 0 Å². The summed E-state index contributed by atoms with van der Waals surface area (Å²) in [5.41, 5.74) is 0.347. The van der Waals surface area contributed by atoms with Crippen molar-refractivity contribution in [3.05, 3.63) is 40.2 Å². The van der Waals surface area contributed by atoms with E-state index in [4.69, 9.17) is 9.15 Å². The van der Waals surface area contributed by atoms with Gasteiger partial charge in [-0.25, -0.2) is 4.98 Å². The van der Waals surface area contributed by atoms with Crippen LogP contribution in [0.15, 0.2) is 28.2 Å². The Kier molecular flexibility index (Phi) is 6.18. The van der Waals surface area contributed by atoms with Crippen LogP contribution in [0.2, 0.25) is 0 Å². The third-order valence-corrected chi connectivity index (χ3v) is 5.94. The SMILES string of the molecule is O=C(NCC1CCCO1)c1coc(CN2CCN(Cc3cccs3)CC2)n1. The maximum atomic E-state index is 12.2. The van der Waals surface area contributed by atoms with E-state index in [0.29, 0.717) is 24.7 Å². The highest BCUT2D eigenvalue weighted by atomic mass is 32.1. The number of carbonyl (C=O) groups is 1. The van der Waals surface area contributed by atoms with Crippen LogP contribution in [0.3, 0.4) is 0 Å². The van der Waals surface area contributed by atoms with Crippen LogP contribution in [0.4, 0.5) is 0 Å². The van der Waals surface area contributed by atoms with Gasteiger partial charge in [-0.15, -0.1) is 11.3 Å². The van der Waals surface area contributed by atoms with Crippen LogP contribution in [0.5, 0.6) is 0 Å². The average molecular weight is 391 g/mol. The Hall–Kier alpha value is -1.74. The zero-order valence-electron chi connectivity index (χ0n) is 15.4. The number of nitrogens with zero attached hydrogens (tertiary/aromatic N) is 3. The molecule has 4 heterocycles. The number of ether oxygens (including phenoxy) is 1. The van der Waals surface area contributed by atoms with Gasteiger partial charge in [-0.05, 0) is 24.3 Å². The number of carbonyl (C=O) groups excluding carboxylic acids is 1. The molecule has 0 bridgehead atoms. The molecule has 146 valence electrons. The lowest BCUT2D eigenvalue weighted by Gasteiger charge is -2.33. The van der Waals surface area contributed by atoms with Gasteiger partial charge in [0.15, 0.2) is 5.69 Å². The van der Waals surface area contributed by atoms with Crippen LogP contribution in [0, 0.1) is 0 Å². The Morgan fingerprint density at radius 1 is 1.26 bits per heavy atom. The number of amides is 1. The number of thiophene rings is 1. The van der Waals surface area contributed by atoms with Crippen molar-refractivity contribution in [1.29, 1.82) is 0 Å². The normalized spacial score (nSPS) is 21.6. The molecule has 0 aliphatic carbocycles. The lowest BCUT2D eigenvalue weighted by molar-refractivity contribution is 0.0853. The van der Waals surface area contributed by atoms with Crippen LogP contribution in [0.1, 0.15) is 34.1 Å². The van der Waals surface area contributed by atoms with E-state index in [2.05, 4.69) is 37.6 Å². The van der Waals surface area contributed by atoms with E-state index in [1.165, 1.54) is 11.1 Å². The van der Waals surface area contributed by atoms with Crippen LogP contribution >= 0.6 is 11.3 Å². The van der Waals surface area contributed by atoms with Crippen molar-refractivity contribution in [2.45, 2.75) is 32.0 Å². The van der Waals surface area contributed by atoms with E-state index in [9.17, 15) is 4.79 Å². The molecule has 0 saturated carbocycles. The maximum absolute atomic E-state index is 12.2. The molecule has 2 aromatic heterocycles. The second kappa shape index (κ2) is 8.97. The van der Waals surface area contributed by atoms with Gasteiger partial charge in [-0.1, -0.05) is 6.07 Å². The van der Waals surface area contributed by atoms with Gasteiger partial charge in [0.2, 0.25) is 5.89 Å². The Morgan fingerprint density at radius 3 is 2.78 bits per heavy atom. The first-order valence-electron chi connectivity index (χ1n) is 9.57. The van der Waals surface area contributed by atoms with Crippen LogP contribution < -0.4 is 5.32 Å². The molecule has 2 aliphatic heterocycles. The molecule has 2 fully saturated rings. The van der Waals surface area contributed by atoms with E-state index in [-0.39, 0.29) is 12.0 Å². The van der Waals surface area contributed by atoms with Gasteiger partial charge in [-0.3, -0.25) is 14.6 Å². The summed E-state index contributed by atoms with van der Waals surface area (Å²) < 4.78 is 11.0. The fourth-order valence-corrected chi connectivity index (χ4v) is 4.26. The van der Waals surface area contributed by atoms with E-state index >= 15 is 0 Å². The summed E-state index contributed by atoms with van der Waals surface area (Å²) in [7, 11) is 0. The number of hydrogen-bond acceptors (Lipinski definition) is 7. The fourth-order valence-electron chi connectivity index (χ4n) is 3.51. The lowest BCUT2D eigenvalue weighted by Crippen LogP contribution is -2.45. The van der Waals surface area contributed by atoms with Gasteiger partial charge in [0.1, 0.15) is 6.26 Å². The van der Waals surface area contributed by atoms with Gasteiger partial charge >= 0.3 is 0 Å². The summed E-state index contributed by atoms with van der Waals surface area (Å²) in [6, 6.07) is 4.29. The average Bonchev–Trinajstić information content (AvgIpc) is 3.44. The number of rotatable bonds is 7. The molecule has 27 heavy (non-hydrogen) atoms. The van der Waals surface area contributed by atoms with Crippen molar-refractivity contribution in [1.82, 2.24) is 20.1 Å². The van der Waals surface area contributed by atoms with Crippen molar-refractivity contribution in [3.63, 3.8) is 0 Å². The summed E-state index contributed by atoms with van der Waals surface area (Å²) in [6.07, 6.45) is 3.65. The molecule has 0 spiro atoms. The minimum atomic E-state index is -0.193. The summed E-state index contributed by atoms with van der Waals surface area (Å²) in [5.74, 6) is 0.408. The van der Waals surface area contributed by atoms with Crippen LogP contribution in [-0.2, 0) is 17.8 Å². The predicted molar refractivity (Wildman–Crippen MR) is 103 cm³/mol. The molecule has 1 N–H and O–H groups in total. The van der Waals surface area contributed by atoms with Crippen LogP contribution in [0.25, 0.3) is 0 Å². The number of aromatic nitrogens is 1. The molecule has 0 radical (unpaired) electrons. The number of piperazine rings is 1. The monoisotopic (exact) mass is 390 g/mol. The number of hydrogen-bond donors (Lipinski definition) is 1.